The molecule has 3 aromatic rings. The van der Waals surface area contributed by atoms with Gasteiger partial charge in [0.25, 0.3) is 0 Å². The van der Waals surface area contributed by atoms with Gasteiger partial charge in [-0.2, -0.15) is 0 Å². The van der Waals surface area contributed by atoms with E-state index in [1.807, 2.05) is 10.6 Å². The quantitative estimate of drug-likeness (QED) is 0.352. The number of carbonyl (C=O) groups excluding carboxylic acids is 1. The number of amides is 1. The van der Waals surface area contributed by atoms with Gasteiger partial charge in [0.1, 0.15) is 0 Å². The number of hydrogen-bond donors (Lipinski definition) is 1. The number of rotatable bonds is 7. The van der Waals surface area contributed by atoms with Gasteiger partial charge in [0.15, 0.2) is 16.7 Å². The van der Waals surface area contributed by atoms with Crippen molar-refractivity contribution in [1.82, 2.24) is 14.8 Å². The highest BCUT2D eigenvalue weighted by Crippen LogP contribution is 2.32. The summed E-state index contributed by atoms with van der Waals surface area (Å²) >= 11 is 19.3. The molecule has 0 radical (unpaired) electrons. The van der Waals surface area contributed by atoms with E-state index in [9.17, 15) is 4.79 Å². The van der Waals surface area contributed by atoms with Gasteiger partial charge < -0.3 is 9.73 Å². The van der Waals surface area contributed by atoms with Crippen LogP contribution in [0.5, 0.6) is 0 Å². The van der Waals surface area contributed by atoms with Crippen LogP contribution in [0.25, 0.3) is 11.6 Å². The largest absolute Gasteiger partial charge is 0.461 e. The summed E-state index contributed by atoms with van der Waals surface area (Å²) in [7, 11) is 0. The Labute approximate surface area is 181 Å². The Hall–Kier alpha value is -1.67. The zero-order chi connectivity index (χ0) is 20.3. The fourth-order valence-corrected chi connectivity index (χ4v) is 3.79. The van der Waals surface area contributed by atoms with Gasteiger partial charge in [0.2, 0.25) is 5.91 Å². The first-order valence-electron chi connectivity index (χ1n) is 8.39. The van der Waals surface area contributed by atoms with E-state index < -0.39 is 0 Å². The Balaban J connectivity index is 1.72. The molecule has 6 nitrogen and oxygen atoms in total. The molecule has 0 aliphatic carbocycles. The number of carbonyl (C=O) groups is 1. The van der Waals surface area contributed by atoms with Crippen LogP contribution in [0, 0.1) is 5.92 Å². The number of anilines is 1. The van der Waals surface area contributed by atoms with Gasteiger partial charge in [-0.05, 0) is 30.2 Å². The summed E-state index contributed by atoms with van der Waals surface area (Å²) in [5, 5.41) is 12.8. The van der Waals surface area contributed by atoms with E-state index in [0.717, 1.165) is 0 Å². The normalized spacial score (nSPS) is 11.2. The molecule has 0 aliphatic rings. The van der Waals surface area contributed by atoms with Gasteiger partial charge in [-0.3, -0.25) is 9.36 Å². The van der Waals surface area contributed by atoms with Gasteiger partial charge in [-0.25, -0.2) is 0 Å². The average Bonchev–Trinajstić information content (AvgIpc) is 3.27. The van der Waals surface area contributed by atoms with Crippen LogP contribution in [-0.2, 0) is 11.3 Å². The monoisotopic (exact) mass is 458 g/mol. The first-order chi connectivity index (χ1) is 13.3. The number of aromatic nitrogens is 3. The Morgan fingerprint density at radius 2 is 1.96 bits per heavy atom. The number of thioether (sulfide) groups is 1. The van der Waals surface area contributed by atoms with Gasteiger partial charge in [-0.1, -0.05) is 60.4 Å². The highest BCUT2D eigenvalue weighted by molar-refractivity contribution is 7.99. The van der Waals surface area contributed by atoms with Crippen molar-refractivity contribution >= 4 is 58.2 Å². The van der Waals surface area contributed by atoms with Crippen LogP contribution in [-0.4, -0.2) is 26.4 Å². The molecule has 2 aromatic heterocycles. The summed E-state index contributed by atoms with van der Waals surface area (Å²) in [6.07, 6.45) is 1.59. The number of furan rings is 1. The second-order valence-electron chi connectivity index (χ2n) is 6.37. The van der Waals surface area contributed by atoms with Crippen molar-refractivity contribution < 1.29 is 9.21 Å². The molecule has 0 fully saturated rings. The lowest BCUT2D eigenvalue weighted by Crippen LogP contribution is -2.15. The molecule has 0 atom stereocenters. The van der Waals surface area contributed by atoms with E-state index in [1.54, 1.807) is 12.3 Å². The Morgan fingerprint density at radius 1 is 1.21 bits per heavy atom. The fraction of sp³-hybridized carbons (Fsp3) is 0.278. The van der Waals surface area contributed by atoms with Crippen LogP contribution >= 0.6 is 46.6 Å². The first kappa shape index (κ1) is 21.0. The van der Waals surface area contributed by atoms with Gasteiger partial charge >= 0.3 is 0 Å². The van der Waals surface area contributed by atoms with E-state index in [1.165, 1.54) is 23.9 Å². The van der Waals surface area contributed by atoms with E-state index in [2.05, 4.69) is 29.4 Å². The number of hydrogen-bond acceptors (Lipinski definition) is 5. The Bertz CT molecular complexity index is 974. The molecule has 3 rings (SSSR count). The van der Waals surface area contributed by atoms with Crippen molar-refractivity contribution in [1.29, 1.82) is 0 Å². The van der Waals surface area contributed by atoms with Crippen molar-refractivity contribution in [2.75, 3.05) is 11.1 Å². The molecular weight excluding hydrogens is 443 g/mol. The van der Waals surface area contributed by atoms with E-state index in [-0.39, 0.29) is 11.7 Å². The zero-order valence-electron chi connectivity index (χ0n) is 15.1. The Kier molecular flexibility index (Phi) is 6.93. The SMILES string of the molecule is CC(C)Cn1c(SCC(=O)Nc2cc(Cl)c(Cl)cc2Cl)nnc1-c1ccco1. The Morgan fingerprint density at radius 3 is 2.64 bits per heavy atom. The van der Waals surface area contributed by atoms with Crippen LogP contribution in [0.15, 0.2) is 40.1 Å². The number of halogens is 3. The molecule has 0 saturated heterocycles. The van der Waals surface area contributed by atoms with E-state index >= 15 is 0 Å². The van der Waals surface area contributed by atoms with Crippen LogP contribution in [0.2, 0.25) is 15.1 Å². The molecule has 1 amide bonds. The van der Waals surface area contributed by atoms with Gasteiger partial charge in [0, 0.05) is 6.54 Å². The molecule has 1 aromatic carbocycles. The van der Waals surface area contributed by atoms with E-state index in [4.69, 9.17) is 39.2 Å². The van der Waals surface area contributed by atoms with Crippen LogP contribution < -0.4 is 5.32 Å². The zero-order valence-corrected chi connectivity index (χ0v) is 18.2. The summed E-state index contributed by atoms with van der Waals surface area (Å²) in [4.78, 5) is 12.4. The van der Waals surface area contributed by atoms with Crippen LogP contribution in [0.1, 0.15) is 13.8 Å². The molecule has 0 spiro atoms. The molecule has 2 heterocycles. The third kappa shape index (κ3) is 5.03. The summed E-state index contributed by atoms with van der Waals surface area (Å²) < 4.78 is 7.40. The second kappa shape index (κ2) is 9.22. The molecule has 148 valence electrons. The molecule has 10 heteroatoms. The van der Waals surface area contributed by atoms with Crippen LogP contribution in [0.3, 0.4) is 0 Å². The summed E-state index contributed by atoms with van der Waals surface area (Å²) in [6.45, 7) is 4.89. The lowest BCUT2D eigenvalue weighted by molar-refractivity contribution is -0.113. The van der Waals surface area contributed by atoms with Gasteiger partial charge in [0.05, 0.1) is 32.8 Å². The van der Waals surface area contributed by atoms with Gasteiger partial charge in [-0.15, -0.1) is 10.2 Å². The predicted molar refractivity (Wildman–Crippen MR) is 113 cm³/mol. The van der Waals surface area contributed by atoms with Crippen LogP contribution in [0.4, 0.5) is 5.69 Å². The third-order valence-corrected chi connectivity index (χ3v) is 5.62. The van der Waals surface area contributed by atoms with Crippen molar-refractivity contribution in [2.45, 2.75) is 25.5 Å². The lowest BCUT2D eigenvalue weighted by atomic mass is 10.2. The maximum Gasteiger partial charge on any atom is 0.234 e. The molecule has 0 unspecified atom stereocenters. The van der Waals surface area contributed by atoms with Crippen molar-refractivity contribution in [2.24, 2.45) is 5.92 Å². The predicted octanol–water partition coefficient (Wildman–Crippen LogP) is 5.89. The fourth-order valence-electron chi connectivity index (χ4n) is 2.45. The molecule has 28 heavy (non-hydrogen) atoms. The molecular formula is C18H17Cl3N4O2S. The minimum Gasteiger partial charge on any atom is -0.461 e. The number of nitrogens with zero attached hydrogens (tertiary/aromatic N) is 3. The molecule has 1 N–H and O–H groups in total. The molecule has 0 saturated carbocycles. The number of nitrogens with one attached hydrogen (secondary N) is 1. The number of benzene rings is 1. The minimum atomic E-state index is -0.246. The second-order valence-corrected chi connectivity index (χ2v) is 8.54. The highest BCUT2D eigenvalue weighted by Gasteiger charge is 2.18. The van der Waals surface area contributed by atoms with Crippen molar-refractivity contribution in [3.05, 3.63) is 45.6 Å². The summed E-state index contributed by atoms with van der Waals surface area (Å²) in [5.41, 5.74) is 0.404. The highest BCUT2D eigenvalue weighted by atomic mass is 35.5. The molecule has 0 aliphatic heterocycles. The first-order valence-corrected chi connectivity index (χ1v) is 10.5. The smallest absolute Gasteiger partial charge is 0.234 e. The van der Waals surface area contributed by atoms with E-state index in [0.29, 0.717) is 50.0 Å². The summed E-state index contributed by atoms with van der Waals surface area (Å²) in [6, 6.07) is 6.63. The standard InChI is InChI=1S/C18H17Cl3N4O2S/c1-10(2)8-25-17(15-4-3-5-27-15)23-24-18(25)28-9-16(26)22-14-7-12(20)11(19)6-13(14)21/h3-7,10H,8-9H2,1-2H3,(H,22,26). The maximum absolute atomic E-state index is 12.4. The van der Waals surface area contributed by atoms with Crippen molar-refractivity contribution in [3.8, 4) is 11.6 Å². The van der Waals surface area contributed by atoms with Crippen molar-refractivity contribution in [3.63, 3.8) is 0 Å². The third-order valence-electron chi connectivity index (χ3n) is 3.62. The topological polar surface area (TPSA) is 73.0 Å². The minimum absolute atomic E-state index is 0.130. The maximum atomic E-state index is 12.4. The summed E-state index contributed by atoms with van der Waals surface area (Å²) in [5.74, 6) is 1.52. The molecule has 0 bridgehead atoms. The lowest BCUT2D eigenvalue weighted by Gasteiger charge is -2.12. The average molecular weight is 460 g/mol.